The lowest BCUT2D eigenvalue weighted by Gasteiger charge is -2.49. The molecule has 1 unspecified atom stereocenters. The molecule has 3 heteroatoms. The van der Waals surface area contributed by atoms with Crippen molar-refractivity contribution in [3.05, 3.63) is 22.4 Å². The molecule has 19 heavy (non-hydrogen) atoms. The molecule has 0 aromatic carbocycles. The molecule has 0 radical (unpaired) electrons. The lowest BCUT2D eigenvalue weighted by Crippen LogP contribution is -2.64. The molecular formula is C16H26N2S. The average Bonchev–Trinajstić information content (AvgIpc) is 2.94. The van der Waals surface area contributed by atoms with Crippen LogP contribution in [-0.2, 0) is 6.42 Å². The van der Waals surface area contributed by atoms with Gasteiger partial charge >= 0.3 is 0 Å². The smallest absolute Gasteiger partial charge is 0.0309 e. The van der Waals surface area contributed by atoms with Gasteiger partial charge in [0.25, 0.3) is 0 Å². The second-order valence-electron chi connectivity index (χ2n) is 6.37. The maximum Gasteiger partial charge on any atom is 0.0309 e. The lowest BCUT2D eigenvalue weighted by atomic mass is 9.79. The number of piperazine rings is 1. The van der Waals surface area contributed by atoms with Crippen LogP contribution in [0.2, 0.25) is 0 Å². The molecule has 3 rings (SSSR count). The van der Waals surface area contributed by atoms with Crippen LogP contribution in [0.25, 0.3) is 0 Å². The van der Waals surface area contributed by atoms with Crippen molar-refractivity contribution < 1.29 is 0 Å². The Morgan fingerprint density at radius 2 is 2.21 bits per heavy atom. The minimum absolute atomic E-state index is 0.445. The predicted octanol–water partition coefficient (Wildman–Crippen LogP) is 3.29. The van der Waals surface area contributed by atoms with Crippen molar-refractivity contribution in [3.8, 4) is 0 Å². The van der Waals surface area contributed by atoms with Crippen LogP contribution in [0.15, 0.2) is 17.5 Å². The average molecular weight is 278 g/mol. The van der Waals surface area contributed by atoms with Gasteiger partial charge < -0.3 is 5.32 Å². The summed E-state index contributed by atoms with van der Waals surface area (Å²) in [6, 6.07) is 5.13. The van der Waals surface area contributed by atoms with Gasteiger partial charge in [-0.3, -0.25) is 4.90 Å². The Balaban J connectivity index is 1.59. The van der Waals surface area contributed by atoms with Gasteiger partial charge in [0.1, 0.15) is 0 Å². The molecule has 1 aliphatic heterocycles. The fraction of sp³-hybridized carbons (Fsp3) is 0.750. The van der Waals surface area contributed by atoms with E-state index >= 15 is 0 Å². The molecule has 2 aliphatic rings. The summed E-state index contributed by atoms with van der Waals surface area (Å²) < 4.78 is 0. The lowest BCUT2D eigenvalue weighted by molar-refractivity contribution is 0.0639. The van der Waals surface area contributed by atoms with Crippen molar-refractivity contribution in [1.82, 2.24) is 10.2 Å². The Labute approximate surface area is 121 Å². The summed E-state index contributed by atoms with van der Waals surface area (Å²) in [6.07, 6.45) is 8.26. The van der Waals surface area contributed by atoms with E-state index in [-0.39, 0.29) is 0 Å². The molecule has 1 N–H and O–H groups in total. The highest BCUT2D eigenvalue weighted by Crippen LogP contribution is 2.31. The third-order valence-corrected chi connectivity index (χ3v) is 5.87. The van der Waals surface area contributed by atoms with Gasteiger partial charge in [-0.15, -0.1) is 11.3 Å². The summed E-state index contributed by atoms with van der Waals surface area (Å²) in [4.78, 5) is 4.25. The first-order valence-corrected chi connectivity index (χ1v) is 8.67. The molecule has 1 atom stereocenters. The standard InChI is InChI=1S/C16H26N2S/c1-14-12-17-16(8-3-2-4-9-16)13-18(14)10-7-15-6-5-11-19-15/h5-6,11,14,17H,2-4,7-10,12-13H2,1H3. The van der Waals surface area contributed by atoms with Crippen molar-refractivity contribution in [2.45, 2.75) is 57.0 Å². The van der Waals surface area contributed by atoms with E-state index in [1.54, 1.807) is 0 Å². The first kappa shape index (κ1) is 13.6. The highest BCUT2D eigenvalue weighted by Gasteiger charge is 2.38. The van der Waals surface area contributed by atoms with Crippen molar-refractivity contribution in [2.24, 2.45) is 0 Å². The van der Waals surface area contributed by atoms with Crippen molar-refractivity contribution in [2.75, 3.05) is 19.6 Å². The van der Waals surface area contributed by atoms with Gasteiger partial charge in [0.15, 0.2) is 0 Å². The number of nitrogens with one attached hydrogen (secondary N) is 1. The van der Waals surface area contributed by atoms with Crippen LogP contribution in [0.5, 0.6) is 0 Å². The highest BCUT2D eigenvalue weighted by molar-refractivity contribution is 7.09. The maximum atomic E-state index is 3.87. The summed E-state index contributed by atoms with van der Waals surface area (Å²) in [5.74, 6) is 0. The Bertz CT molecular complexity index is 381. The molecule has 106 valence electrons. The van der Waals surface area contributed by atoms with E-state index in [1.165, 1.54) is 63.0 Å². The fourth-order valence-electron chi connectivity index (χ4n) is 3.67. The Morgan fingerprint density at radius 1 is 1.37 bits per heavy atom. The quantitative estimate of drug-likeness (QED) is 0.913. The molecule has 2 heterocycles. The molecule has 1 aromatic rings. The van der Waals surface area contributed by atoms with Crippen LogP contribution >= 0.6 is 11.3 Å². The van der Waals surface area contributed by atoms with Gasteiger partial charge in [0, 0.05) is 36.1 Å². The normalized spacial score (nSPS) is 27.7. The van der Waals surface area contributed by atoms with Crippen LogP contribution in [0, 0.1) is 0 Å². The van der Waals surface area contributed by atoms with Gasteiger partial charge in [-0.25, -0.2) is 0 Å². The fourth-order valence-corrected chi connectivity index (χ4v) is 4.36. The van der Waals surface area contributed by atoms with Crippen molar-refractivity contribution >= 4 is 11.3 Å². The second kappa shape index (κ2) is 5.94. The third kappa shape index (κ3) is 3.21. The van der Waals surface area contributed by atoms with Gasteiger partial charge in [0.05, 0.1) is 0 Å². The molecule has 2 nitrogen and oxygen atoms in total. The molecule has 1 aromatic heterocycles. The van der Waals surface area contributed by atoms with Gasteiger partial charge in [-0.1, -0.05) is 25.3 Å². The molecule has 2 fully saturated rings. The Hall–Kier alpha value is -0.380. The van der Waals surface area contributed by atoms with Gasteiger partial charge in [-0.2, -0.15) is 0 Å². The monoisotopic (exact) mass is 278 g/mol. The minimum Gasteiger partial charge on any atom is -0.308 e. The Morgan fingerprint density at radius 3 is 2.95 bits per heavy atom. The summed E-state index contributed by atoms with van der Waals surface area (Å²) in [6.45, 7) is 6.03. The molecule has 1 saturated heterocycles. The molecule has 1 spiro atoms. The van der Waals surface area contributed by atoms with E-state index in [1.807, 2.05) is 11.3 Å². The second-order valence-corrected chi connectivity index (χ2v) is 7.40. The number of rotatable bonds is 3. The number of hydrogen-bond acceptors (Lipinski definition) is 3. The summed E-state index contributed by atoms with van der Waals surface area (Å²) in [5, 5.41) is 6.06. The van der Waals surface area contributed by atoms with Crippen LogP contribution in [-0.4, -0.2) is 36.1 Å². The van der Waals surface area contributed by atoms with Crippen LogP contribution in [0.3, 0.4) is 0 Å². The Kier molecular flexibility index (Phi) is 4.25. The van der Waals surface area contributed by atoms with E-state index in [4.69, 9.17) is 0 Å². The van der Waals surface area contributed by atoms with E-state index in [0.29, 0.717) is 11.6 Å². The third-order valence-electron chi connectivity index (χ3n) is 4.94. The summed E-state index contributed by atoms with van der Waals surface area (Å²) >= 11 is 1.90. The van der Waals surface area contributed by atoms with Crippen molar-refractivity contribution in [1.29, 1.82) is 0 Å². The minimum atomic E-state index is 0.445. The largest absolute Gasteiger partial charge is 0.308 e. The van der Waals surface area contributed by atoms with Crippen LogP contribution in [0.4, 0.5) is 0 Å². The summed E-state index contributed by atoms with van der Waals surface area (Å²) in [7, 11) is 0. The predicted molar refractivity (Wildman–Crippen MR) is 82.9 cm³/mol. The summed E-state index contributed by atoms with van der Waals surface area (Å²) in [5.41, 5.74) is 0.445. The molecule has 1 saturated carbocycles. The van der Waals surface area contributed by atoms with E-state index < -0.39 is 0 Å². The topological polar surface area (TPSA) is 15.3 Å². The van der Waals surface area contributed by atoms with Gasteiger partial charge in [0.2, 0.25) is 0 Å². The molecule has 0 bridgehead atoms. The first-order chi connectivity index (χ1) is 9.27. The number of thiophene rings is 1. The number of hydrogen-bond donors (Lipinski definition) is 1. The van der Waals surface area contributed by atoms with Crippen LogP contribution < -0.4 is 5.32 Å². The van der Waals surface area contributed by atoms with E-state index in [2.05, 4.69) is 34.7 Å². The van der Waals surface area contributed by atoms with E-state index in [9.17, 15) is 0 Å². The zero-order valence-corrected chi connectivity index (χ0v) is 12.8. The zero-order valence-electron chi connectivity index (χ0n) is 12.0. The molecule has 0 amide bonds. The van der Waals surface area contributed by atoms with Crippen molar-refractivity contribution in [3.63, 3.8) is 0 Å². The zero-order chi connectivity index (χ0) is 13.1. The van der Waals surface area contributed by atoms with Crippen LogP contribution in [0.1, 0.15) is 43.9 Å². The SMILES string of the molecule is CC1CNC2(CCCCC2)CN1CCc1cccs1. The van der Waals surface area contributed by atoms with E-state index in [0.717, 1.165) is 0 Å². The van der Waals surface area contributed by atoms with Gasteiger partial charge in [-0.05, 0) is 37.6 Å². The molecular weight excluding hydrogens is 252 g/mol. The first-order valence-electron chi connectivity index (χ1n) is 7.79. The number of nitrogens with zero attached hydrogens (tertiary/aromatic N) is 1. The molecule has 1 aliphatic carbocycles. The maximum absolute atomic E-state index is 3.87. The highest BCUT2D eigenvalue weighted by atomic mass is 32.1.